The monoisotopic (exact) mass is 533 g/mol. The summed E-state index contributed by atoms with van der Waals surface area (Å²) in [5, 5.41) is 2.95. The van der Waals surface area contributed by atoms with Crippen LogP contribution in [-0.4, -0.2) is 42.4 Å². The fourth-order valence-electron chi connectivity index (χ4n) is 5.42. The molecule has 0 radical (unpaired) electrons. The average molecular weight is 534 g/mol. The molecule has 1 unspecified atom stereocenters. The van der Waals surface area contributed by atoms with E-state index in [1.807, 2.05) is 31.2 Å². The molecule has 1 atom stereocenters. The Kier molecular flexibility index (Phi) is 9.48. The molecule has 1 amide bonds. The second kappa shape index (κ2) is 12.2. The van der Waals surface area contributed by atoms with Crippen molar-refractivity contribution in [2.45, 2.75) is 58.4 Å². The number of ether oxygens (including phenoxy) is 1. The molecule has 6 nitrogen and oxygen atoms in total. The zero-order valence-corrected chi connectivity index (χ0v) is 22.6. The molecular formula is C27H37BClF2N4O2-. The average Bonchev–Trinajstić information content (AvgIpc) is 3.40. The van der Waals surface area contributed by atoms with Gasteiger partial charge in [0, 0.05) is 30.4 Å². The number of methoxy groups -OCH3 is 1. The van der Waals surface area contributed by atoms with Crippen molar-refractivity contribution >= 4 is 31.4 Å². The van der Waals surface area contributed by atoms with Crippen molar-refractivity contribution in [1.29, 1.82) is 0 Å². The molecule has 37 heavy (non-hydrogen) atoms. The maximum Gasteiger partial charge on any atom is 0.529 e. The molecule has 2 aliphatic heterocycles. The van der Waals surface area contributed by atoms with Gasteiger partial charge in [0.05, 0.1) is 7.11 Å². The molecule has 0 spiro atoms. The highest BCUT2D eigenvalue weighted by atomic mass is 35.5. The Morgan fingerprint density at radius 1 is 1.14 bits per heavy atom. The first-order chi connectivity index (χ1) is 17.3. The number of fused-ring (bicyclic) bond motifs is 2. The first kappa shape index (κ1) is 28.8. The molecule has 0 saturated carbocycles. The van der Waals surface area contributed by atoms with Gasteiger partial charge in [0.1, 0.15) is 5.75 Å². The Balaban J connectivity index is 0.00000380. The summed E-state index contributed by atoms with van der Waals surface area (Å²) in [7, 11) is 1.58. The lowest BCUT2D eigenvalue weighted by molar-refractivity contribution is -0.121. The minimum Gasteiger partial charge on any atom is -0.497 e. The quantitative estimate of drug-likeness (QED) is 0.304. The summed E-state index contributed by atoms with van der Waals surface area (Å²) in [5.41, 5.74) is 9.49. The van der Waals surface area contributed by atoms with Gasteiger partial charge >= 0.3 is 6.97 Å². The third kappa shape index (κ3) is 5.72. The number of nitrogens with two attached hydrogens (primary N) is 1. The maximum atomic E-state index is 16.1. The molecule has 4 rings (SSSR count). The Morgan fingerprint density at radius 2 is 1.84 bits per heavy atom. The normalized spacial score (nSPS) is 17.1. The van der Waals surface area contributed by atoms with Gasteiger partial charge in [-0.2, -0.15) is 0 Å². The van der Waals surface area contributed by atoms with E-state index in [0.29, 0.717) is 42.3 Å². The zero-order chi connectivity index (χ0) is 25.9. The number of halogens is 3. The lowest BCUT2D eigenvalue weighted by atomic mass is 9.86. The predicted octanol–water partition coefficient (Wildman–Crippen LogP) is 5.29. The second-order valence-electron chi connectivity index (χ2n) is 9.64. The predicted molar refractivity (Wildman–Crippen MR) is 148 cm³/mol. The van der Waals surface area contributed by atoms with Crippen LogP contribution in [0.1, 0.15) is 66.2 Å². The van der Waals surface area contributed by atoms with Crippen molar-refractivity contribution in [3.63, 3.8) is 0 Å². The van der Waals surface area contributed by atoms with E-state index in [1.165, 1.54) is 9.29 Å². The van der Waals surface area contributed by atoms with Crippen LogP contribution in [0.4, 0.5) is 8.63 Å². The van der Waals surface area contributed by atoms with Gasteiger partial charge in [0.2, 0.25) is 5.91 Å². The summed E-state index contributed by atoms with van der Waals surface area (Å²) < 4.78 is 38.7. The van der Waals surface area contributed by atoms with Crippen molar-refractivity contribution in [2.24, 2.45) is 5.73 Å². The van der Waals surface area contributed by atoms with E-state index in [-0.39, 0.29) is 24.7 Å². The number of benzene rings is 1. The molecule has 2 aliphatic rings. The van der Waals surface area contributed by atoms with Gasteiger partial charge < -0.3 is 33.7 Å². The fraction of sp³-hybridized carbons (Fsp3) is 0.444. The summed E-state index contributed by atoms with van der Waals surface area (Å²) in [6.45, 7) is 0.866. The summed E-state index contributed by atoms with van der Waals surface area (Å²) in [5.74, 6) is 0.641. The fourth-order valence-corrected chi connectivity index (χ4v) is 5.42. The summed E-state index contributed by atoms with van der Waals surface area (Å²) >= 11 is 0. The number of rotatable bonds is 11. The second-order valence-corrected chi connectivity index (χ2v) is 9.64. The Hall–Kier alpha value is -2.78. The summed E-state index contributed by atoms with van der Waals surface area (Å²) in [4.78, 5) is 13.6. The van der Waals surface area contributed by atoms with E-state index < -0.39 is 13.0 Å². The lowest BCUT2D eigenvalue weighted by Gasteiger charge is -2.48. The Labute approximate surface area is 224 Å². The number of nitrogens with zero attached hydrogens (tertiary/aromatic N) is 2. The standard InChI is InChI=1S/C27H36BF2N4O2.ClH/c1-19-24(13-15-27(35)32-17-7-5-4-6-16-31)20(2)33-26(19)18-22-10-14-25(34(22)28(33,29)30)21-8-11-23(36-3)12-9-21;/h8-12,14,18,25H,4-7,13,15-17,31H2,1-3H3,(H,32,35);1H/q-1;. The molecule has 3 N–H and O–H groups in total. The molecule has 0 aliphatic carbocycles. The van der Waals surface area contributed by atoms with Crippen molar-refractivity contribution in [1.82, 2.24) is 14.6 Å². The van der Waals surface area contributed by atoms with Crippen molar-refractivity contribution in [2.75, 3.05) is 20.2 Å². The molecule has 10 heteroatoms. The van der Waals surface area contributed by atoms with Crippen LogP contribution in [0.3, 0.4) is 0 Å². The van der Waals surface area contributed by atoms with Crippen LogP contribution < -0.4 is 15.8 Å². The number of hydrogen-bond donors (Lipinski definition) is 2. The minimum absolute atomic E-state index is 0. The molecular weight excluding hydrogens is 497 g/mol. The van der Waals surface area contributed by atoms with Gasteiger partial charge in [-0.1, -0.05) is 31.1 Å². The number of carbonyl (C=O) groups excluding carboxylic acids is 1. The Morgan fingerprint density at radius 3 is 2.51 bits per heavy atom. The number of carbonyl (C=O) groups is 1. The molecule has 1 aromatic carbocycles. The third-order valence-corrected chi connectivity index (χ3v) is 7.38. The van der Waals surface area contributed by atoms with Gasteiger partial charge in [-0.15, -0.1) is 12.4 Å². The van der Waals surface area contributed by atoms with Gasteiger partial charge in [-0.3, -0.25) is 4.79 Å². The van der Waals surface area contributed by atoms with Gasteiger partial charge in [-0.25, -0.2) is 0 Å². The number of nitrogens with one attached hydrogen (secondary N) is 1. The summed E-state index contributed by atoms with van der Waals surface area (Å²) in [6, 6.07) is 6.68. The smallest absolute Gasteiger partial charge is 0.497 e. The van der Waals surface area contributed by atoms with E-state index in [2.05, 4.69) is 5.32 Å². The zero-order valence-electron chi connectivity index (χ0n) is 21.8. The first-order valence-corrected chi connectivity index (χ1v) is 12.8. The molecule has 3 heterocycles. The van der Waals surface area contributed by atoms with Crippen molar-refractivity contribution < 1.29 is 18.2 Å². The number of unbranched alkanes of at least 4 members (excludes halogenated alkanes) is 3. The topological polar surface area (TPSA) is 72.5 Å². The molecule has 2 aromatic rings. The van der Waals surface area contributed by atoms with Crippen molar-refractivity contribution in [3.8, 4) is 5.75 Å². The highest BCUT2D eigenvalue weighted by Gasteiger charge is 2.46. The molecule has 1 aromatic heterocycles. The molecule has 202 valence electrons. The van der Waals surface area contributed by atoms with E-state index in [1.54, 1.807) is 32.2 Å². The number of aromatic nitrogens is 1. The molecule has 0 fully saturated rings. The maximum absolute atomic E-state index is 16.1. The lowest BCUT2D eigenvalue weighted by Crippen LogP contribution is -2.54. The third-order valence-electron chi connectivity index (χ3n) is 7.38. The minimum atomic E-state index is -4.08. The molecule has 0 bridgehead atoms. The van der Waals surface area contributed by atoms with Gasteiger partial charge in [-0.05, 0) is 86.3 Å². The molecule has 0 saturated heterocycles. The van der Waals surface area contributed by atoms with Crippen LogP contribution in [0.5, 0.6) is 5.75 Å². The largest absolute Gasteiger partial charge is 0.529 e. The van der Waals surface area contributed by atoms with Crippen LogP contribution in [0, 0.1) is 13.8 Å². The van der Waals surface area contributed by atoms with Crippen LogP contribution in [0.2, 0.25) is 0 Å². The Bertz CT molecular complexity index is 1160. The van der Waals surface area contributed by atoms with Gasteiger partial charge in [0.25, 0.3) is 0 Å². The van der Waals surface area contributed by atoms with Crippen molar-refractivity contribution in [3.05, 3.63) is 70.2 Å². The van der Waals surface area contributed by atoms with E-state index >= 15 is 8.63 Å². The number of amides is 1. The first-order valence-electron chi connectivity index (χ1n) is 12.8. The highest BCUT2D eigenvalue weighted by molar-refractivity contribution is 6.63. The van der Waals surface area contributed by atoms with E-state index in [9.17, 15) is 4.79 Å². The SMILES string of the molecule is COc1ccc(C2C=CC3=Cc4c(C)c(CCC(=O)NCCCCCCN)c(C)n4[B-](F)(F)N32)cc1.Cl. The number of hydrogen-bond acceptors (Lipinski definition) is 4. The summed E-state index contributed by atoms with van der Waals surface area (Å²) in [6.07, 6.45) is 10.2. The van der Waals surface area contributed by atoms with Crippen LogP contribution in [0.25, 0.3) is 6.08 Å². The van der Waals surface area contributed by atoms with Crippen LogP contribution in [-0.2, 0) is 11.2 Å². The van der Waals surface area contributed by atoms with Gasteiger partial charge in [0.15, 0.2) is 0 Å². The van der Waals surface area contributed by atoms with Crippen LogP contribution in [0.15, 0.2) is 42.1 Å². The number of allylic oxidation sites excluding steroid dienone is 1. The van der Waals surface area contributed by atoms with Crippen LogP contribution >= 0.6 is 12.4 Å². The highest BCUT2D eigenvalue weighted by Crippen LogP contribution is 2.45. The van der Waals surface area contributed by atoms with E-state index in [4.69, 9.17) is 10.5 Å². The van der Waals surface area contributed by atoms with E-state index in [0.717, 1.165) is 42.4 Å².